The fourth-order valence-electron chi connectivity index (χ4n) is 1.58. The smallest absolute Gasteiger partial charge is 0.175 e. The number of carbonyl (C=O) groups is 1. The molecule has 0 spiro atoms. The van der Waals surface area contributed by atoms with Gasteiger partial charge in [-0.25, -0.2) is 4.39 Å². The van der Waals surface area contributed by atoms with Gasteiger partial charge in [-0.05, 0) is 36.3 Å². The predicted molar refractivity (Wildman–Crippen MR) is 67.8 cm³/mol. The van der Waals surface area contributed by atoms with Crippen LogP contribution in [0.5, 0.6) is 0 Å². The van der Waals surface area contributed by atoms with Gasteiger partial charge in [-0.3, -0.25) is 4.79 Å². The Hall–Kier alpha value is -0.830. The molecule has 0 amide bonds. The van der Waals surface area contributed by atoms with Gasteiger partial charge in [0.1, 0.15) is 5.82 Å². The van der Waals surface area contributed by atoms with E-state index < -0.39 is 5.82 Å². The third-order valence-electron chi connectivity index (χ3n) is 2.26. The third-order valence-corrected chi connectivity index (χ3v) is 3.35. The van der Waals surface area contributed by atoms with Gasteiger partial charge in [-0.2, -0.15) is 11.8 Å². The topological polar surface area (TPSA) is 17.1 Å². The molecule has 0 aliphatic carbocycles. The van der Waals surface area contributed by atoms with E-state index in [1.807, 2.05) is 26.8 Å². The summed E-state index contributed by atoms with van der Waals surface area (Å²) >= 11 is 1.54. The van der Waals surface area contributed by atoms with Gasteiger partial charge in [0.05, 0.1) is 11.3 Å². The van der Waals surface area contributed by atoms with Crippen LogP contribution in [0.25, 0.3) is 0 Å². The highest BCUT2D eigenvalue weighted by molar-refractivity contribution is 8.00. The van der Waals surface area contributed by atoms with Gasteiger partial charge in [-0.15, -0.1) is 0 Å². The minimum Gasteiger partial charge on any atom is -0.293 e. The monoisotopic (exact) mass is 240 g/mol. The van der Waals surface area contributed by atoms with Crippen molar-refractivity contribution < 1.29 is 9.18 Å². The number of hydrogen-bond acceptors (Lipinski definition) is 2. The summed E-state index contributed by atoms with van der Waals surface area (Å²) in [5.41, 5.74) is 1.83. The first-order chi connectivity index (χ1) is 7.41. The molecule has 1 aromatic carbocycles. The van der Waals surface area contributed by atoms with E-state index >= 15 is 0 Å². The molecule has 88 valence electrons. The van der Waals surface area contributed by atoms with Crippen LogP contribution >= 0.6 is 11.8 Å². The van der Waals surface area contributed by atoms with Gasteiger partial charge >= 0.3 is 0 Å². The molecule has 0 aliphatic heterocycles. The first-order valence-corrected chi connectivity index (χ1v) is 6.38. The van der Waals surface area contributed by atoms with E-state index in [9.17, 15) is 9.18 Å². The van der Waals surface area contributed by atoms with Crippen LogP contribution in [0, 0.1) is 19.7 Å². The quantitative estimate of drug-likeness (QED) is 0.745. The van der Waals surface area contributed by atoms with Crippen LogP contribution in [0.4, 0.5) is 4.39 Å². The minimum atomic E-state index is -0.396. The van der Waals surface area contributed by atoms with E-state index in [2.05, 4.69) is 0 Å². The van der Waals surface area contributed by atoms with Crippen molar-refractivity contribution in [1.29, 1.82) is 0 Å². The lowest BCUT2D eigenvalue weighted by Crippen LogP contribution is -2.09. The lowest BCUT2D eigenvalue weighted by Gasteiger charge is -2.09. The third kappa shape index (κ3) is 3.34. The molecular weight excluding hydrogens is 223 g/mol. The lowest BCUT2D eigenvalue weighted by atomic mass is 10.0. The number of aryl methyl sites for hydroxylation is 2. The van der Waals surface area contributed by atoms with Gasteiger partial charge in [0, 0.05) is 0 Å². The van der Waals surface area contributed by atoms with Crippen molar-refractivity contribution in [2.75, 3.05) is 5.75 Å². The highest BCUT2D eigenvalue weighted by Gasteiger charge is 2.15. The molecule has 3 heteroatoms. The zero-order chi connectivity index (χ0) is 12.3. The van der Waals surface area contributed by atoms with Crippen molar-refractivity contribution in [3.05, 3.63) is 34.6 Å². The Kier molecular flexibility index (Phi) is 4.54. The maximum Gasteiger partial charge on any atom is 0.175 e. The lowest BCUT2D eigenvalue weighted by molar-refractivity contribution is 0.101. The molecule has 1 rings (SSSR count). The molecule has 0 unspecified atom stereocenters. The Balaban J connectivity index is 2.91. The van der Waals surface area contributed by atoms with Crippen LogP contribution in [0.3, 0.4) is 0 Å². The molecule has 0 fully saturated rings. The van der Waals surface area contributed by atoms with Crippen LogP contribution in [0.2, 0.25) is 0 Å². The molecule has 0 atom stereocenters. The number of hydrogen-bond donors (Lipinski definition) is 0. The number of benzene rings is 1. The Morgan fingerprint density at radius 3 is 2.50 bits per heavy atom. The molecule has 0 aliphatic rings. The minimum absolute atomic E-state index is 0.117. The second-order valence-electron chi connectivity index (χ2n) is 4.22. The standard InChI is InChI=1S/C13H17FOS/c1-8(2)16-7-12(15)13-10(4)5-9(3)6-11(13)14/h5-6,8H,7H2,1-4H3. The maximum absolute atomic E-state index is 13.7. The molecular formula is C13H17FOS. The van der Waals surface area contributed by atoms with E-state index in [0.29, 0.717) is 11.0 Å². The summed E-state index contributed by atoms with van der Waals surface area (Å²) in [4.78, 5) is 11.8. The Morgan fingerprint density at radius 1 is 1.38 bits per heavy atom. The van der Waals surface area contributed by atoms with E-state index in [1.165, 1.54) is 17.8 Å². The molecule has 0 bridgehead atoms. The van der Waals surface area contributed by atoms with Crippen molar-refractivity contribution in [2.45, 2.75) is 32.9 Å². The SMILES string of the molecule is Cc1cc(C)c(C(=O)CSC(C)C)c(F)c1. The molecule has 1 aromatic rings. The average Bonchev–Trinajstić information content (AvgIpc) is 2.12. The van der Waals surface area contributed by atoms with E-state index in [1.54, 1.807) is 6.92 Å². The molecule has 0 radical (unpaired) electrons. The molecule has 1 nitrogen and oxygen atoms in total. The summed E-state index contributed by atoms with van der Waals surface area (Å²) in [5.74, 6) is -0.168. The predicted octanol–water partition coefficient (Wildman–Crippen LogP) is 3.77. The second kappa shape index (κ2) is 5.48. The van der Waals surface area contributed by atoms with Gasteiger partial charge in [0.2, 0.25) is 0 Å². The van der Waals surface area contributed by atoms with Crippen molar-refractivity contribution in [3.8, 4) is 0 Å². The molecule has 0 heterocycles. The van der Waals surface area contributed by atoms with E-state index in [-0.39, 0.29) is 11.3 Å². The first-order valence-electron chi connectivity index (χ1n) is 5.33. The Labute approximate surface area is 100 Å². The molecule has 0 saturated carbocycles. The largest absolute Gasteiger partial charge is 0.293 e. The van der Waals surface area contributed by atoms with Crippen LogP contribution in [0.1, 0.15) is 35.3 Å². The molecule has 0 saturated heterocycles. The summed E-state index contributed by atoms with van der Waals surface area (Å²) < 4.78 is 13.7. The van der Waals surface area contributed by atoms with Crippen LogP contribution < -0.4 is 0 Å². The van der Waals surface area contributed by atoms with Crippen LogP contribution in [0.15, 0.2) is 12.1 Å². The molecule has 16 heavy (non-hydrogen) atoms. The van der Waals surface area contributed by atoms with Gasteiger partial charge in [-0.1, -0.05) is 19.9 Å². The second-order valence-corrected chi connectivity index (χ2v) is 5.79. The zero-order valence-corrected chi connectivity index (χ0v) is 11.0. The highest BCUT2D eigenvalue weighted by Crippen LogP contribution is 2.19. The average molecular weight is 240 g/mol. The number of Topliss-reactive ketones (excluding diaryl/α,β-unsaturated/α-hetero) is 1. The van der Waals surface area contributed by atoms with Gasteiger partial charge in [0.25, 0.3) is 0 Å². The summed E-state index contributed by atoms with van der Waals surface area (Å²) in [7, 11) is 0. The van der Waals surface area contributed by atoms with Crippen LogP contribution in [-0.4, -0.2) is 16.8 Å². The summed E-state index contributed by atoms with van der Waals surface area (Å²) in [6, 6.07) is 3.26. The van der Waals surface area contributed by atoms with Crippen molar-refractivity contribution >= 4 is 17.5 Å². The molecule has 0 aromatic heterocycles. The van der Waals surface area contributed by atoms with Gasteiger partial charge < -0.3 is 0 Å². The normalized spacial score (nSPS) is 10.9. The van der Waals surface area contributed by atoms with Gasteiger partial charge in [0.15, 0.2) is 5.78 Å². The Bertz CT molecular complexity index is 376. The fraction of sp³-hybridized carbons (Fsp3) is 0.462. The van der Waals surface area contributed by atoms with Crippen molar-refractivity contribution in [3.63, 3.8) is 0 Å². The van der Waals surface area contributed by atoms with Crippen molar-refractivity contribution in [1.82, 2.24) is 0 Å². The number of ketones is 1. The number of thioether (sulfide) groups is 1. The maximum atomic E-state index is 13.7. The summed E-state index contributed by atoms with van der Waals surface area (Å²) in [6.45, 7) is 7.66. The Morgan fingerprint density at radius 2 is 2.00 bits per heavy atom. The zero-order valence-electron chi connectivity index (χ0n) is 10.1. The number of rotatable bonds is 4. The van der Waals surface area contributed by atoms with Crippen LogP contribution in [-0.2, 0) is 0 Å². The summed E-state index contributed by atoms with van der Waals surface area (Å²) in [5, 5.41) is 0.387. The van der Waals surface area contributed by atoms with E-state index in [0.717, 1.165) is 11.1 Å². The number of carbonyl (C=O) groups excluding carboxylic acids is 1. The molecule has 0 N–H and O–H groups in total. The fourth-order valence-corrected chi connectivity index (χ4v) is 2.21. The van der Waals surface area contributed by atoms with Crippen molar-refractivity contribution in [2.24, 2.45) is 0 Å². The van der Waals surface area contributed by atoms with E-state index in [4.69, 9.17) is 0 Å². The number of halogens is 1. The first kappa shape index (κ1) is 13.2. The highest BCUT2D eigenvalue weighted by atomic mass is 32.2. The summed E-state index contributed by atoms with van der Waals surface area (Å²) in [6.07, 6.45) is 0.